The minimum absolute atomic E-state index is 0. The predicted molar refractivity (Wildman–Crippen MR) is 58.3 cm³/mol. The van der Waals surface area contributed by atoms with Gasteiger partial charge in [-0.05, 0) is 29.7 Å². The van der Waals surface area contributed by atoms with Crippen molar-refractivity contribution in [3.63, 3.8) is 0 Å². The molecule has 14 heavy (non-hydrogen) atoms. The fourth-order valence-corrected chi connectivity index (χ4v) is 2.89. The molecule has 76 valence electrons. The number of hydrogen-bond donors (Lipinski definition) is 1. The molecule has 1 heterocycles. The van der Waals surface area contributed by atoms with Crippen LogP contribution in [0.1, 0.15) is 7.85 Å². The Labute approximate surface area is 117 Å². The van der Waals surface area contributed by atoms with Crippen LogP contribution in [0.2, 0.25) is 0 Å². The molecule has 0 fully saturated rings. The molecular formula is C7H11NaO3S3. The summed E-state index contributed by atoms with van der Waals surface area (Å²) in [6, 6.07) is 3.37. The maximum absolute atomic E-state index is 11.2. The van der Waals surface area contributed by atoms with Gasteiger partial charge < -0.3 is 5.61 Å². The van der Waals surface area contributed by atoms with Crippen molar-refractivity contribution >= 4 is 34.1 Å². The minimum Gasteiger partial charge on any atom is -1.00 e. The monoisotopic (exact) mass is 262 g/mol. The van der Waals surface area contributed by atoms with E-state index < -0.39 is 10.1 Å². The van der Waals surface area contributed by atoms with Crippen molar-refractivity contribution in [2.24, 2.45) is 0 Å². The topological polar surface area (TPSA) is 43.4 Å². The van der Waals surface area contributed by atoms with Gasteiger partial charge in [0.05, 0.1) is 5.75 Å². The summed E-state index contributed by atoms with van der Waals surface area (Å²) in [4.78, 5) is 0. The van der Waals surface area contributed by atoms with Crippen LogP contribution in [-0.2, 0) is 10.1 Å². The molecule has 1 aromatic heterocycles. The van der Waals surface area contributed by atoms with Crippen molar-refractivity contribution in [2.45, 2.75) is 6.42 Å². The molecule has 0 saturated heterocycles. The van der Waals surface area contributed by atoms with Crippen molar-refractivity contribution in [3.05, 3.63) is 17.5 Å². The summed E-state index contributed by atoms with van der Waals surface area (Å²) in [6.45, 7) is 0. The van der Waals surface area contributed by atoms with Gasteiger partial charge in [-0.2, -0.15) is 21.0 Å². The first kappa shape index (κ1) is 14.8. The van der Waals surface area contributed by atoms with E-state index in [4.69, 9.17) is 4.18 Å². The van der Waals surface area contributed by atoms with Crippen molar-refractivity contribution < 1.29 is 43.6 Å². The van der Waals surface area contributed by atoms with Crippen LogP contribution in [0.3, 0.4) is 0 Å². The second-order valence-electron chi connectivity index (χ2n) is 2.35. The summed E-state index contributed by atoms with van der Waals surface area (Å²) in [5, 5.41) is 2.18. The van der Waals surface area contributed by atoms with E-state index in [1.807, 2.05) is 0 Å². The van der Waals surface area contributed by atoms with E-state index >= 15 is 0 Å². The third-order valence-corrected chi connectivity index (χ3v) is 3.65. The molecule has 0 radical (unpaired) electrons. The molecule has 0 amide bonds. The number of hydrogen-bond acceptors (Lipinski definition) is 5. The quantitative estimate of drug-likeness (QED) is 0.416. The van der Waals surface area contributed by atoms with Gasteiger partial charge in [0.2, 0.25) is 0 Å². The Morgan fingerprint density at radius 2 is 2.29 bits per heavy atom. The molecule has 0 aromatic carbocycles. The number of rotatable bonds is 5. The van der Waals surface area contributed by atoms with Gasteiger partial charge in [0, 0.05) is 0 Å². The molecule has 0 aliphatic carbocycles. The molecule has 0 aliphatic rings. The van der Waals surface area contributed by atoms with Crippen LogP contribution in [0.25, 0.3) is 0 Å². The van der Waals surface area contributed by atoms with Gasteiger partial charge in [0.25, 0.3) is 0 Å². The molecule has 1 rings (SSSR count). The maximum atomic E-state index is 11.2. The molecule has 0 unspecified atom stereocenters. The summed E-state index contributed by atoms with van der Waals surface area (Å²) >= 11 is 5.19. The van der Waals surface area contributed by atoms with Gasteiger partial charge >= 0.3 is 39.7 Å². The predicted octanol–water partition coefficient (Wildman–Crippen LogP) is -1.11. The molecular weight excluding hydrogens is 251 g/mol. The Hall–Kier alpha value is 0.800. The average molecular weight is 262 g/mol. The van der Waals surface area contributed by atoms with E-state index in [0.29, 0.717) is 17.2 Å². The van der Waals surface area contributed by atoms with Gasteiger partial charge in [-0.15, -0.1) is 11.3 Å². The first-order valence-corrected chi connectivity index (χ1v) is 6.79. The Morgan fingerprint density at radius 3 is 2.79 bits per heavy atom. The molecule has 7 heteroatoms. The molecule has 0 saturated carbocycles. The van der Waals surface area contributed by atoms with Gasteiger partial charge in [-0.25, -0.2) is 0 Å². The molecule has 0 spiro atoms. The molecule has 0 N–H and O–H groups in total. The van der Waals surface area contributed by atoms with E-state index in [1.165, 1.54) is 11.3 Å². The van der Waals surface area contributed by atoms with Gasteiger partial charge in [-0.3, -0.25) is 0 Å². The summed E-state index contributed by atoms with van der Waals surface area (Å²) < 4.78 is 27.2. The Kier molecular flexibility index (Phi) is 7.54. The minimum atomic E-state index is -3.41. The summed E-state index contributed by atoms with van der Waals surface area (Å²) in [5.41, 5.74) is 0. The van der Waals surface area contributed by atoms with Crippen LogP contribution in [0, 0.1) is 0 Å². The van der Waals surface area contributed by atoms with Crippen LogP contribution >= 0.6 is 24.0 Å². The molecule has 0 atom stereocenters. The van der Waals surface area contributed by atoms with Crippen molar-refractivity contribution in [2.75, 3.05) is 11.5 Å². The zero-order valence-corrected chi connectivity index (χ0v) is 12.4. The van der Waals surface area contributed by atoms with Crippen LogP contribution in [0.5, 0.6) is 5.06 Å². The normalized spacial score (nSPS) is 10.6. The maximum Gasteiger partial charge on any atom is 1.00 e. The molecule has 1 aromatic rings. The molecule has 3 nitrogen and oxygen atoms in total. The van der Waals surface area contributed by atoms with Crippen molar-refractivity contribution in [3.8, 4) is 5.06 Å². The van der Waals surface area contributed by atoms with E-state index in [0.717, 1.165) is 0 Å². The number of thiophene rings is 1. The second-order valence-corrected chi connectivity index (χ2v) is 5.40. The Bertz CT molecular complexity index is 338. The van der Waals surface area contributed by atoms with Gasteiger partial charge in [0.15, 0.2) is 5.06 Å². The SMILES string of the molecule is O=S(=O)(CCCS)Oc1cccs1.[H-].[Na+]. The standard InChI is InChI=1S/C7H10O3S3.Na.H/c8-13(9,6-2-4-11)10-7-3-1-5-12-7;;/h1,3,5,11H,2,4,6H2;;/q;+1;-1. The van der Waals surface area contributed by atoms with Gasteiger partial charge in [0.1, 0.15) is 0 Å². The average Bonchev–Trinajstić information content (AvgIpc) is 2.52. The van der Waals surface area contributed by atoms with E-state index in [2.05, 4.69) is 12.6 Å². The first-order valence-electron chi connectivity index (χ1n) is 3.70. The smallest absolute Gasteiger partial charge is 1.00 e. The third kappa shape index (κ3) is 5.63. The Balaban J connectivity index is 0. The van der Waals surface area contributed by atoms with E-state index in [-0.39, 0.29) is 36.7 Å². The fourth-order valence-electron chi connectivity index (χ4n) is 0.719. The van der Waals surface area contributed by atoms with Crippen LogP contribution < -0.4 is 33.7 Å². The van der Waals surface area contributed by atoms with E-state index in [1.54, 1.807) is 17.5 Å². The number of thiol groups is 1. The van der Waals surface area contributed by atoms with Crippen molar-refractivity contribution in [1.82, 2.24) is 0 Å². The molecule has 0 bridgehead atoms. The van der Waals surface area contributed by atoms with E-state index in [9.17, 15) is 8.42 Å². The van der Waals surface area contributed by atoms with Crippen LogP contribution in [-0.4, -0.2) is 19.9 Å². The summed E-state index contributed by atoms with van der Waals surface area (Å²) in [7, 11) is -3.41. The van der Waals surface area contributed by atoms with Crippen LogP contribution in [0.15, 0.2) is 17.5 Å². The summed E-state index contributed by atoms with van der Waals surface area (Å²) in [6.07, 6.45) is 0.511. The molecule has 0 aliphatic heterocycles. The largest absolute Gasteiger partial charge is 1.00 e. The van der Waals surface area contributed by atoms with Gasteiger partial charge in [-0.1, -0.05) is 0 Å². The zero-order chi connectivity index (χ0) is 9.73. The zero-order valence-electron chi connectivity index (χ0n) is 8.84. The Morgan fingerprint density at radius 1 is 1.57 bits per heavy atom. The van der Waals surface area contributed by atoms with Crippen LogP contribution in [0.4, 0.5) is 0 Å². The fraction of sp³-hybridized carbons (Fsp3) is 0.429. The van der Waals surface area contributed by atoms with Crippen molar-refractivity contribution in [1.29, 1.82) is 0 Å². The first-order chi connectivity index (χ1) is 6.14. The summed E-state index contributed by atoms with van der Waals surface area (Å²) in [5.74, 6) is 0.571. The second kappa shape index (κ2) is 7.14. The third-order valence-electron chi connectivity index (χ3n) is 1.26.